The minimum atomic E-state index is -1.19. The highest BCUT2D eigenvalue weighted by atomic mass is 19.1. The van der Waals surface area contributed by atoms with Crippen molar-refractivity contribution in [1.82, 2.24) is 33.9 Å². The lowest BCUT2D eigenvalue weighted by molar-refractivity contribution is 0.0799. The van der Waals surface area contributed by atoms with Gasteiger partial charge in [0.05, 0.1) is 35.7 Å². The topological polar surface area (TPSA) is 172 Å². The number of hydrogen-bond acceptors (Lipinski definition) is 10. The smallest absolute Gasteiger partial charge is 0.330 e. The number of amides is 1. The number of aromatic nitrogens is 5. The van der Waals surface area contributed by atoms with Crippen LogP contribution in [0.2, 0.25) is 0 Å². The molecule has 1 amide bonds. The maximum Gasteiger partial charge on any atom is 0.330 e. The Labute approximate surface area is 248 Å². The number of fused-ring (bicyclic) bond motifs is 3. The summed E-state index contributed by atoms with van der Waals surface area (Å²) in [5.74, 6) is -1.97. The van der Waals surface area contributed by atoms with Gasteiger partial charge in [0.2, 0.25) is 5.95 Å². The van der Waals surface area contributed by atoms with Gasteiger partial charge in [-0.1, -0.05) is 0 Å². The number of anilines is 2. The number of rotatable bonds is 9. The fourth-order valence-electron chi connectivity index (χ4n) is 5.45. The number of piperazine rings is 1. The zero-order valence-electron chi connectivity index (χ0n) is 23.8. The lowest BCUT2D eigenvalue weighted by Crippen LogP contribution is -2.48. The van der Waals surface area contributed by atoms with Crippen LogP contribution in [0.15, 0.2) is 45.8 Å². The molecule has 0 aliphatic carbocycles. The average Bonchev–Trinajstić information content (AvgIpc) is 3.75. The molecular formula is C28H31F2N9O5. The van der Waals surface area contributed by atoms with E-state index in [0.717, 1.165) is 6.07 Å². The molecule has 0 radical (unpaired) electrons. The Balaban J connectivity index is 1.16. The van der Waals surface area contributed by atoms with Crippen LogP contribution in [0.1, 0.15) is 10.4 Å². The molecule has 0 bridgehead atoms. The summed E-state index contributed by atoms with van der Waals surface area (Å²) in [5.41, 5.74) is 7.88. The van der Waals surface area contributed by atoms with E-state index in [2.05, 4.69) is 20.3 Å². The second-order valence-electron chi connectivity index (χ2n) is 10.6. The van der Waals surface area contributed by atoms with E-state index >= 15 is 0 Å². The molecule has 6 rings (SSSR count). The molecule has 44 heavy (non-hydrogen) atoms. The van der Waals surface area contributed by atoms with Crippen LogP contribution in [0.4, 0.5) is 20.4 Å². The molecule has 14 nitrogen and oxygen atoms in total. The minimum absolute atomic E-state index is 0.0857. The summed E-state index contributed by atoms with van der Waals surface area (Å²) in [5, 5.41) is 25.2. The van der Waals surface area contributed by atoms with Crippen molar-refractivity contribution in [3.63, 3.8) is 0 Å². The van der Waals surface area contributed by atoms with Crippen molar-refractivity contribution in [3.05, 3.63) is 64.3 Å². The lowest BCUT2D eigenvalue weighted by atomic mass is 10.1. The fraction of sp³-hybridized carbons (Fsp3) is 0.357. The van der Waals surface area contributed by atoms with Gasteiger partial charge in [0.15, 0.2) is 11.4 Å². The van der Waals surface area contributed by atoms with Crippen LogP contribution in [0.25, 0.3) is 28.1 Å². The summed E-state index contributed by atoms with van der Waals surface area (Å²) in [4.78, 5) is 34.0. The van der Waals surface area contributed by atoms with E-state index in [0.29, 0.717) is 73.5 Å². The number of aryl methyl sites for hydroxylation is 1. The van der Waals surface area contributed by atoms with E-state index in [1.165, 1.54) is 9.08 Å². The Bertz CT molecular complexity index is 1890. The van der Waals surface area contributed by atoms with E-state index in [1.807, 2.05) is 0 Å². The number of aliphatic hydroxyl groups excluding tert-OH is 2. The third-order valence-electron chi connectivity index (χ3n) is 7.83. The molecule has 0 saturated carbocycles. The zero-order valence-corrected chi connectivity index (χ0v) is 23.8. The molecule has 5 aromatic rings. The van der Waals surface area contributed by atoms with Gasteiger partial charge in [-0.2, -0.15) is 14.6 Å². The van der Waals surface area contributed by atoms with Gasteiger partial charge in [-0.25, -0.2) is 13.6 Å². The van der Waals surface area contributed by atoms with Gasteiger partial charge in [0, 0.05) is 58.9 Å². The Morgan fingerprint density at radius 3 is 2.64 bits per heavy atom. The van der Waals surface area contributed by atoms with Crippen molar-refractivity contribution < 1.29 is 28.2 Å². The van der Waals surface area contributed by atoms with Gasteiger partial charge < -0.3 is 30.6 Å². The summed E-state index contributed by atoms with van der Waals surface area (Å²) < 4.78 is 39.2. The van der Waals surface area contributed by atoms with Crippen molar-refractivity contribution >= 4 is 34.2 Å². The number of nitrogen functional groups attached to an aromatic ring is 1. The Hall–Kier alpha value is -4.80. The number of carbonyl (C=O) groups excluding carboxylic acids is 1. The minimum Gasteiger partial charge on any atom is -0.463 e. The third-order valence-corrected chi connectivity index (χ3v) is 7.83. The molecule has 232 valence electrons. The summed E-state index contributed by atoms with van der Waals surface area (Å²) in [6, 6.07) is 7.15. The standard InChI is InChI=1S/C28H31F2N9O5/c1-35-24-22-13-20(23-3-2-10-44-23)34-39(22)27(31)33-25(24)38(28(35)43)9-6-36-4-7-37(8-5-36)21-11-17(18(29)12-19(21)30)26(42)32-14-16(41)15-40/h2-3,10-13,16,40-41H,4-9,14-15H2,1H3,(H2,31,33)(H,32,42). The first kappa shape index (κ1) is 29.3. The summed E-state index contributed by atoms with van der Waals surface area (Å²) in [6.07, 6.45) is 0.351. The summed E-state index contributed by atoms with van der Waals surface area (Å²) >= 11 is 0. The zero-order chi connectivity index (χ0) is 31.1. The van der Waals surface area contributed by atoms with Crippen LogP contribution < -0.4 is 21.6 Å². The number of halogens is 2. The Kier molecular flexibility index (Phi) is 7.79. The van der Waals surface area contributed by atoms with E-state index in [9.17, 15) is 23.5 Å². The summed E-state index contributed by atoms with van der Waals surface area (Å²) in [7, 11) is 1.66. The van der Waals surface area contributed by atoms with Crippen molar-refractivity contribution in [2.75, 3.05) is 56.5 Å². The first-order valence-corrected chi connectivity index (χ1v) is 14.0. The molecule has 1 aromatic carbocycles. The largest absolute Gasteiger partial charge is 0.463 e. The number of benzene rings is 1. The molecular weight excluding hydrogens is 580 g/mol. The number of aliphatic hydroxyl groups is 2. The van der Waals surface area contributed by atoms with Crippen LogP contribution in [0.3, 0.4) is 0 Å². The van der Waals surface area contributed by atoms with Crippen LogP contribution >= 0.6 is 0 Å². The van der Waals surface area contributed by atoms with Gasteiger partial charge in [-0.05, 0) is 24.3 Å². The van der Waals surface area contributed by atoms with Gasteiger partial charge in [-0.3, -0.25) is 18.8 Å². The SMILES string of the molecule is Cn1c(=O)n(CCN2CCN(c3cc(C(=O)NCC(O)CO)c(F)cc3F)CC2)c2nc(N)n3nc(-c4ccco4)cc3c21. The first-order valence-electron chi connectivity index (χ1n) is 14.0. The van der Waals surface area contributed by atoms with Crippen molar-refractivity contribution in [2.45, 2.75) is 12.6 Å². The molecule has 1 fully saturated rings. The van der Waals surface area contributed by atoms with Gasteiger partial charge >= 0.3 is 5.69 Å². The maximum atomic E-state index is 14.8. The Morgan fingerprint density at radius 1 is 1.16 bits per heavy atom. The monoisotopic (exact) mass is 611 g/mol. The molecule has 1 atom stereocenters. The molecule has 1 aliphatic rings. The number of imidazole rings is 1. The van der Waals surface area contributed by atoms with Crippen molar-refractivity contribution in [2.24, 2.45) is 7.05 Å². The van der Waals surface area contributed by atoms with E-state index in [-0.39, 0.29) is 29.4 Å². The predicted molar refractivity (Wildman–Crippen MR) is 156 cm³/mol. The van der Waals surface area contributed by atoms with E-state index in [4.69, 9.17) is 15.3 Å². The fourth-order valence-corrected chi connectivity index (χ4v) is 5.45. The molecule has 16 heteroatoms. The number of carbonyl (C=O) groups is 1. The molecule has 1 aliphatic heterocycles. The highest BCUT2D eigenvalue weighted by molar-refractivity contribution is 5.95. The number of furan rings is 1. The molecule has 0 spiro atoms. The highest BCUT2D eigenvalue weighted by Crippen LogP contribution is 2.27. The molecule has 4 aromatic heterocycles. The van der Waals surface area contributed by atoms with Crippen LogP contribution in [-0.4, -0.2) is 96.7 Å². The second kappa shape index (κ2) is 11.7. The lowest BCUT2D eigenvalue weighted by Gasteiger charge is -2.36. The molecule has 5 heterocycles. The maximum absolute atomic E-state index is 14.8. The van der Waals surface area contributed by atoms with Gasteiger partial charge in [-0.15, -0.1) is 0 Å². The number of nitrogens with zero attached hydrogens (tertiary/aromatic N) is 7. The predicted octanol–water partition coefficient (Wildman–Crippen LogP) is 0.408. The Morgan fingerprint density at radius 2 is 1.93 bits per heavy atom. The summed E-state index contributed by atoms with van der Waals surface area (Å²) in [6.45, 7) is 1.83. The molecule has 1 unspecified atom stereocenters. The van der Waals surface area contributed by atoms with Crippen LogP contribution in [0, 0.1) is 11.6 Å². The molecule has 5 N–H and O–H groups in total. The second-order valence-corrected chi connectivity index (χ2v) is 10.6. The normalized spacial score (nSPS) is 15.0. The third kappa shape index (κ3) is 5.27. The first-order chi connectivity index (χ1) is 21.2. The van der Waals surface area contributed by atoms with E-state index in [1.54, 1.807) is 41.0 Å². The number of nitrogens with two attached hydrogens (primary N) is 1. The number of nitrogens with one attached hydrogen (secondary N) is 1. The molecule has 1 saturated heterocycles. The van der Waals surface area contributed by atoms with Crippen molar-refractivity contribution in [3.8, 4) is 11.5 Å². The highest BCUT2D eigenvalue weighted by Gasteiger charge is 2.25. The van der Waals surface area contributed by atoms with Crippen LogP contribution in [0.5, 0.6) is 0 Å². The van der Waals surface area contributed by atoms with Gasteiger partial charge in [0.25, 0.3) is 5.91 Å². The quantitative estimate of drug-likeness (QED) is 0.183. The van der Waals surface area contributed by atoms with Gasteiger partial charge in [0.1, 0.15) is 22.8 Å². The van der Waals surface area contributed by atoms with E-state index < -0.39 is 30.3 Å². The van der Waals surface area contributed by atoms with Crippen LogP contribution in [-0.2, 0) is 13.6 Å². The van der Waals surface area contributed by atoms with Crippen molar-refractivity contribution in [1.29, 1.82) is 0 Å². The number of hydrogen-bond donors (Lipinski definition) is 4. The average molecular weight is 612 g/mol.